The van der Waals surface area contributed by atoms with Crippen LogP contribution in [0.3, 0.4) is 0 Å². The highest BCUT2D eigenvalue weighted by molar-refractivity contribution is 7.92. The lowest BCUT2D eigenvalue weighted by molar-refractivity contribution is 0.417. The summed E-state index contributed by atoms with van der Waals surface area (Å²) in [5.41, 5.74) is 0.936. The Morgan fingerprint density at radius 3 is 2.19 bits per heavy atom. The van der Waals surface area contributed by atoms with Gasteiger partial charge in [-0.25, -0.2) is 8.42 Å². The molecule has 0 bridgehead atoms. The van der Waals surface area contributed by atoms with Crippen molar-refractivity contribution in [3.8, 4) is 16.9 Å². The SMILES string of the molecule is COc1cccc(-c2ccccc2S(=O)[O-])c1NS(=O)(=O)c1ccccc1. The molecule has 3 aromatic carbocycles. The predicted octanol–water partition coefficient (Wildman–Crippen LogP) is 3.40. The van der Waals surface area contributed by atoms with Crippen LogP contribution in [0.1, 0.15) is 0 Å². The number of ether oxygens (including phenoxy) is 1. The van der Waals surface area contributed by atoms with Gasteiger partial charge in [0.25, 0.3) is 10.0 Å². The van der Waals surface area contributed by atoms with Crippen molar-refractivity contribution in [1.82, 2.24) is 0 Å². The highest BCUT2D eigenvalue weighted by atomic mass is 32.2. The van der Waals surface area contributed by atoms with Gasteiger partial charge in [0.1, 0.15) is 5.75 Å². The summed E-state index contributed by atoms with van der Waals surface area (Å²) < 4.78 is 56.6. The van der Waals surface area contributed by atoms with E-state index in [-0.39, 0.29) is 21.2 Å². The van der Waals surface area contributed by atoms with E-state index in [1.807, 2.05) is 0 Å². The minimum Gasteiger partial charge on any atom is -0.768 e. The summed E-state index contributed by atoms with van der Waals surface area (Å²) in [7, 11) is -2.48. The number of hydrogen-bond acceptors (Lipinski definition) is 5. The minimum absolute atomic E-state index is 0.0610. The molecule has 0 saturated carbocycles. The first-order valence-electron chi connectivity index (χ1n) is 7.87. The van der Waals surface area contributed by atoms with Gasteiger partial charge in [0, 0.05) is 10.5 Å². The lowest BCUT2D eigenvalue weighted by Crippen LogP contribution is -2.14. The van der Waals surface area contributed by atoms with Crippen LogP contribution in [0.15, 0.2) is 82.6 Å². The molecule has 3 rings (SSSR count). The zero-order chi connectivity index (χ0) is 19.4. The Morgan fingerprint density at radius 1 is 0.889 bits per heavy atom. The van der Waals surface area contributed by atoms with Gasteiger partial charge in [-0.1, -0.05) is 48.5 Å². The molecule has 0 fully saturated rings. The summed E-state index contributed by atoms with van der Waals surface area (Å²) in [6.07, 6.45) is 0. The average molecular weight is 402 g/mol. The summed E-state index contributed by atoms with van der Waals surface area (Å²) in [6, 6.07) is 19.1. The number of methoxy groups -OCH3 is 1. The van der Waals surface area contributed by atoms with E-state index in [4.69, 9.17) is 4.74 Å². The number of rotatable bonds is 6. The second kappa shape index (κ2) is 7.91. The van der Waals surface area contributed by atoms with Crippen molar-refractivity contribution in [1.29, 1.82) is 0 Å². The highest BCUT2D eigenvalue weighted by Gasteiger charge is 2.20. The molecule has 1 N–H and O–H groups in total. The molecular weight excluding hydrogens is 386 g/mol. The van der Waals surface area contributed by atoms with Crippen LogP contribution in [0.2, 0.25) is 0 Å². The summed E-state index contributed by atoms with van der Waals surface area (Å²) in [5.74, 6) is 0.276. The van der Waals surface area contributed by atoms with E-state index in [1.54, 1.807) is 54.6 Å². The minimum atomic E-state index is -3.89. The highest BCUT2D eigenvalue weighted by Crippen LogP contribution is 2.39. The number of para-hydroxylation sites is 1. The normalized spacial score (nSPS) is 12.4. The first-order chi connectivity index (χ1) is 12.9. The van der Waals surface area contributed by atoms with E-state index in [9.17, 15) is 17.2 Å². The lowest BCUT2D eigenvalue weighted by Gasteiger charge is -2.19. The zero-order valence-corrected chi connectivity index (χ0v) is 15.9. The first kappa shape index (κ1) is 19.1. The summed E-state index contributed by atoms with van der Waals surface area (Å²) in [4.78, 5) is 0.147. The van der Waals surface area contributed by atoms with Crippen molar-refractivity contribution in [2.24, 2.45) is 0 Å². The Bertz CT molecular complexity index is 1080. The fourth-order valence-electron chi connectivity index (χ4n) is 2.66. The third-order valence-electron chi connectivity index (χ3n) is 3.89. The molecule has 0 aromatic heterocycles. The average Bonchev–Trinajstić information content (AvgIpc) is 2.68. The Balaban J connectivity index is 2.18. The van der Waals surface area contributed by atoms with Gasteiger partial charge in [-0.2, -0.15) is 0 Å². The van der Waals surface area contributed by atoms with Crippen LogP contribution >= 0.6 is 0 Å². The number of anilines is 1. The van der Waals surface area contributed by atoms with Gasteiger partial charge < -0.3 is 9.29 Å². The van der Waals surface area contributed by atoms with Gasteiger partial charge >= 0.3 is 0 Å². The molecule has 0 amide bonds. The van der Waals surface area contributed by atoms with Crippen LogP contribution in [0.4, 0.5) is 5.69 Å². The third-order valence-corrected chi connectivity index (χ3v) is 5.97. The molecule has 6 nitrogen and oxygen atoms in total. The number of sulfonamides is 1. The third kappa shape index (κ3) is 4.02. The van der Waals surface area contributed by atoms with Crippen LogP contribution in [-0.4, -0.2) is 24.3 Å². The second-order valence-corrected chi connectivity index (χ2v) is 8.12. The van der Waals surface area contributed by atoms with Gasteiger partial charge in [0.15, 0.2) is 0 Å². The van der Waals surface area contributed by atoms with Crippen molar-refractivity contribution < 1.29 is 21.9 Å². The van der Waals surface area contributed by atoms with Gasteiger partial charge in [0.2, 0.25) is 0 Å². The first-order valence-corrected chi connectivity index (χ1v) is 10.4. The van der Waals surface area contributed by atoms with Crippen LogP contribution in [0.5, 0.6) is 5.75 Å². The fraction of sp³-hybridized carbons (Fsp3) is 0.0526. The maximum Gasteiger partial charge on any atom is 0.262 e. The monoisotopic (exact) mass is 402 g/mol. The van der Waals surface area contributed by atoms with Crippen molar-refractivity contribution >= 4 is 26.8 Å². The molecular formula is C19H16NO5S2-. The molecule has 1 unspecified atom stereocenters. The molecule has 0 aliphatic heterocycles. The summed E-state index contributed by atoms with van der Waals surface area (Å²) >= 11 is -2.48. The summed E-state index contributed by atoms with van der Waals surface area (Å²) in [5, 5.41) is 0. The van der Waals surface area contributed by atoms with Crippen LogP contribution < -0.4 is 9.46 Å². The number of benzene rings is 3. The molecule has 0 radical (unpaired) electrons. The van der Waals surface area contributed by atoms with Crippen LogP contribution in [-0.2, 0) is 21.1 Å². The van der Waals surface area contributed by atoms with E-state index in [2.05, 4.69) is 4.72 Å². The van der Waals surface area contributed by atoms with E-state index in [0.29, 0.717) is 11.1 Å². The molecule has 140 valence electrons. The fourth-order valence-corrected chi connectivity index (χ4v) is 4.32. The molecule has 8 heteroatoms. The summed E-state index contributed by atoms with van der Waals surface area (Å²) in [6.45, 7) is 0. The molecule has 0 spiro atoms. The maximum absolute atomic E-state index is 12.8. The molecule has 0 aliphatic rings. The molecule has 0 saturated heterocycles. The zero-order valence-electron chi connectivity index (χ0n) is 14.3. The van der Waals surface area contributed by atoms with Crippen LogP contribution in [0.25, 0.3) is 11.1 Å². The number of nitrogens with one attached hydrogen (secondary N) is 1. The molecule has 0 heterocycles. The van der Waals surface area contributed by atoms with Crippen molar-refractivity contribution in [3.05, 3.63) is 72.8 Å². The van der Waals surface area contributed by atoms with E-state index in [0.717, 1.165) is 0 Å². The van der Waals surface area contributed by atoms with Crippen molar-refractivity contribution in [2.45, 2.75) is 9.79 Å². The maximum atomic E-state index is 12.8. The number of hydrogen-bond donors (Lipinski definition) is 1. The van der Waals surface area contributed by atoms with E-state index >= 15 is 0 Å². The van der Waals surface area contributed by atoms with Crippen molar-refractivity contribution in [3.63, 3.8) is 0 Å². The Morgan fingerprint density at radius 2 is 1.52 bits per heavy atom. The Labute approximate surface area is 160 Å². The topological polar surface area (TPSA) is 95.5 Å². The molecule has 27 heavy (non-hydrogen) atoms. The van der Waals surface area contributed by atoms with Crippen molar-refractivity contribution in [2.75, 3.05) is 11.8 Å². The lowest BCUT2D eigenvalue weighted by atomic mass is 10.0. The largest absolute Gasteiger partial charge is 0.768 e. The molecule has 0 aliphatic carbocycles. The van der Waals surface area contributed by atoms with E-state index in [1.165, 1.54) is 25.3 Å². The van der Waals surface area contributed by atoms with Gasteiger partial charge in [-0.05, 0) is 40.9 Å². The standard InChI is InChI=1S/C19H17NO5S2/c1-25-17-12-7-11-16(15-10-5-6-13-18(15)26(21)22)19(17)20-27(23,24)14-8-3-2-4-9-14/h2-13,20H,1H3,(H,21,22)/p-1. The Kier molecular flexibility index (Phi) is 5.59. The van der Waals surface area contributed by atoms with Crippen LogP contribution in [0, 0.1) is 0 Å². The molecule has 3 aromatic rings. The van der Waals surface area contributed by atoms with Gasteiger partial charge in [-0.15, -0.1) is 0 Å². The van der Waals surface area contributed by atoms with E-state index < -0.39 is 21.1 Å². The Hall–Kier alpha value is -2.68. The smallest absolute Gasteiger partial charge is 0.262 e. The second-order valence-electron chi connectivity index (χ2n) is 5.53. The predicted molar refractivity (Wildman–Crippen MR) is 103 cm³/mol. The molecule has 1 atom stereocenters. The quantitative estimate of drug-likeness (QED) is 0.638. The van der Waals surface area contributed by atoms with Gasteiger partial charge in [-0.3, -0.25) is 8.93 Å². The van der Waals surface area contributed by atoms with Gasteiger partial charge in [0.05, 0.1) is 17.7 Å².